The zero-order valence-electron chi connectivity index (χ0n) is 21.9. The molecular formula is C31H31N5O4. The Morgan fingerprint density at radius 1 is 0.725 bits per heavy atom. The third-order valence-corrected chi connectivity index (χ3v) is 6.86. The molecule has 0 unspecified atom stereocenters. The second-order valence-corrected chi connectivity index (χ2v) is 9.69. The Bertz CT molecular complexity index is 1500. The van der Waals surface area contributed by atoms with E-state index in [2.05, 4.69) is 19.9 Å². The number of nitrogens with two attached hydrogens (primary N) is 1. The van der Waals surface area contributed by atoms with Gasteiger partial charge in [0.15, 0.2) is 17.3 Å². The summed E-state index contributed by atoms with van der Waals surface area (Å²) in [5.41, 5.74) is 10.5. The zero-order valence-corrected chi connectivity index (χ0v) is 21.9. The number of ether oxygens (including phenoxy) is 4. The van der Waals surface area contributed by atoms with Crippen LogP contribution in [0.15, 0.2) is 97.3 Å². The molecule has 2 aromatic heterocycles. The largest absolute Gasteiger partial charge is 0.382 e. The van der Waals surface area contributed by atoms with Crippen molar-refractivity contribution in [1.82, 2.24) is 19.9 Å². The summed E-state index contributed by atoms with van der Waals surface area (Å²) in [5, 5.41) is 0. The van der Waals surface area contributed by atoms with Gasteiger partial charge >= 0.3 is 0 Å². The van der Waals surface area contributed by atoms with Crippen LogP contribution in [0, 0.1) is 0 Å². The standard InChI is InChI=1S/C31H31N5O4/c32-29-25-30(34-20-33-25)36-31(35-29)28-27(39-18-23-14-8-3-9-15-23)26(38-17-22-12-6-2-7-13-22)24(40-28)19-37-16-21-10-4-1-5-11-21/h1-15,20,24,26-28H,16-19H2,(H3,32,33,34,35,36)/t24-,26-,27+,28-/m1/s1. The van der Waals surface area contributed by atoms with Crippen molar-refractivity contribution in [3.63, 3.8) is 0 Å². The van der Waals surface area contributed by atoms with Crippen LogP contribution in [0.1, 0.15) is 28.6 Å². The maximum absolute atomic E-state index is 6.57. The number of fused-ring (bicyclic) bond motifs is 1. The molecule has 40 heavy (non-hydrogen) atoms. The lowest BCUT2D eigenvalue weighted by Gasteiger charge is -2.25. The van der Waals surface area contributed by atoms with Crippen LogP contribution in [-0.2, 0) is 38.8 Å². The first-order valence-corrected chi connectivity index (χ1v) is 13.3. The molecule has 0 bridgehead atoms. The summed E-state index contributed by atoms with van der Waals surface area (Å²) in [7, 11) is 0. The molecule has 0 spiro atoms. The molecule has 1 aliphatic heterocycles. The van der Waals surface area contributed by atoms with Gasteiger partial charge in [-0.1, -0.05) is 91.0 Å². The van der Waals surface area contributed by atoms with Gasteiger partial charge < -0.3 is 29.7 Å². The topological polar surface area (TPSA) is 117 Å². The van der Waals surface area contributed by atoms with Crippen molar-refractivity contribution >= 4 is 17.0 Å². The van der Waals surface area contributed by atoms with Gasteiger partial charge in [0.25, 0.3) is 0 Å². The summed E-state index contributed by atoms with van der Waals surface area (Å²) < 4.78 is 25.7. The first-order valence-electron chi connectivity index (χ1n) is 13.3. The van der Waals surface area contributed by atoms with E-state index in [0.29, 0.717) is 49.2 Å². The van der Waals surface area contributed by atoms with E-state index in [1.807, 2.05) is 91.0 Å². The van der Waals surface area contributed by atoms with Crippen LogP contribution in [0.2, 0.25) is 0 Å². The lowest BCUT2D eigenvalue weighted by Crippen LogP contribution is -2.38. The number of hydrogen-bond donors (Lipinski definition) is 2. The van der Waals surface area contributed by atoms with Crippen molar-refractivity contribution in [3.05, 3.63) is 120 Å². The number of benzene rings is 3. The average molecular weight is 538 g/mol. The molecule has 9 nitrogen and oxygen atoms in total. The number of nitrogens with one attached hydrogen (secondary N) is 1. The van der Waals surface area contributed by atoms with E-state index >= 15 is 0 Å². The quantitative estimate of drug-likeness (QED) is 0.248. The second kappa shape index (κ2) is 12.4. The highest BCUT2D eigenvalue weighted by Crippen LogP contribution is 2.38. The van der Waals surface area contributed by atoms with Crippen LogP contribution in [-0.4, -0.2) is 44.9 Å². The van der Waals surface area contributed by atoms with Crippen molar-refractivity contribution in [2.45, 2.75) is 44.2 Å². The maximum atomic E-state index is 6.57. The molecule has 6 rings (SSSR count). The second-order valence-electron chi connectivity index (χ2n) is 9.69. The van der Waals surface area contributed by atoms with Crippen LogP contribution in [0.25, 0.3) is 11.2 Å². The number of imidazole rings is 1. The number of nitrogens with zero attached hydrogens (tertiary/aromatic N) is 3. The highest BCUT2D eigenvalue weighted by molar-refractivity contribution is 5.80. The molecule has 5 aromatic rings. The number of aromatic nitrogens is 4. The third kappa shape index (κ3) is 6.03. The van der Waals surface area contributed by atoms with Crippen molar-refractivity contribution in [3.8, 4) is 0 Å². The average Bonchev–Trinajstić information content (AvgIpc) is 3.62. The van der Waals surface area contributed by atoms with Gasteiger partial charge in [0.1, 0.15) is 29.9 Å². The predicted molar refractivity (Wildman–Crippen MR) is 150 cm³/mol. The molecule has 1 aliphatic rings. The number of nitrogen functional groups attached to an aromatic ring is 1. The first-order chi connectivity index (χ1) is 19.7. The van der Waals surface area contributed by atoms with Crippen LogP contribution >= 0.6 is 0 Å². The minimum absolute atomic E-state index is 0.299. The van der Waals surface area contributed by atoms with Crippen LogP contribution in [0.3, 0.4) is 0 Å². The van der Waals surface area contributed by atoms with E-state index in [0.717, 1.165) is 16.7 Å². The number of aromatic amines is 1. The molecule has 0 saturated carbocycles. The molecule has 9 heteroatoms. The Balaban J connectivity index is 1.29. The van der Waals surface area contributed by atoms with Gasteiger partial charge in [0.05, 0.1) is 32.8 Å². The molecule has 1 saturated heterocycles. The molecule has 3 N–H and O–H groups in total. The minimum Gasteiger partial charge on any atom is -0.382 e. The first kappa shape index (κ1) is 26.1. The normalized spacial score (nSPS) is 20.7. The Kier molecular flexibility index (Phi) is 8.06. The van der Waals surface area contributed by atoms with Crippen LogP contribution < -0.4 is 5.73 Å². The predicted octanol–water partition coefficient (Wildman–Crippen LogP) is 4.76. The fraction of sp³-hybridized carbons (Fsp3) is 0.258. The van der Waals surface area contributed by atoms with Gasteiger partial charge in [-0.05, 0) is 16.7 Å². The Morgan fingerprint density at radius 3 is 1.93 bits per heavy atom. The molecule has 4 atom stereocenters. The van der Waals surface area contributed by atoms with Gasteiger partial charge in [-0.25, -0.2) is 15.0 Å². The lowest BCUT2D eigenvalue weighted by atomic mass is 10.1. The van der Waals surface area contributed by atoms with E-state index in [1.165, 1.54) is 0 Å². The summed E-state index contributed by atoms with van der Waals surface area (Å²) in [6, 6.07) is 30.1. The number of hydrogen-bond acceptors (Lipinski definition) is 8. The molecule has 204 valence electrons. The zero-order chi connectivity index (χ0) is 27.1. The van der Waals surface area contributed by atoms with Crippen molar-refractivity contribution in [2.24, 2.45) is 0 Å². The van der Waals surface area contributed by atoms with Crippen LogP contribution in [0.4, 0.5) is 5.82 Å². The number of H-pyrrole nitrogens is 1. The van der Waals surface area contributed by atoms with Gasteiger partial charge in [0.2, 0.25) is 0 Å². The van der Waals surface area contributed by atoms with E-state index < -0.39 is 24.4 Å². The SMILES string of the molecule is Nc1nc([C@@H]2O[C@H](COCc3ccccc3)[C@@H](OCc3ccccc3)[C@@H]2OCc2ccccc2)nc2nc[nH]c12. The smallest absolute Gasteiger partial charge is 0.183 e. The summed E-state index contributed by atoms with van der Waals surface area (Å²) in [4.78, 5) is 16.5. The van der Waals surface area contributed by atoms with Gasteiger partial charge in [-0.2, -0.15) is 0 Å². The van der Waals surface area contributed by atoms with Crippen molar-refractivity contribution in [1.29, 1.82) is 0 Å². The fourth-order valence-electron chi connectivity index (χ4n) is 4.85. The van der Waals surface area contributed by atoms with Crippen LogP contribution in [0.5, 0.6) is 0 Å². The molecule has 0 aliphatic carbocycles. The lowest BCUT2D eigenvalue weighted by molar-refractivity contribution is -0.0899. The van der Waals surface area contributed by atoms with Gasteiger partial charge in [-0.3, -0.25) is 0 Å². The Morgan fingerprint density at radius 2 is 1.30 bits per heavy atom. The highest BCUT2D eigenvalue weighted by atomic mass is 16.6. The summed E-state index contributed by atoms with van der Waals surface area (Å²) in [5.74, 6) is 0.697. The molecule has 0 amide bonds. The summed E-state index contributed by atoms with van der Waals surface area (Å²) in [6.07, 6.45) is -0.504. The van der Waals surface area contributed by atoms with Gasteiger partial charge in [0, 0.05) is 0 Å². The van der Waals surface area contributed by atoms with E-state index in [-0.39, 0.29) is 0 Å². The van der Waals surface area contributed by atoms with Gasteiger partial charge in [-0.15, -0.1) is 0 Å². The molecule has 3 heterocycles. The molecule has 3 aromatic carbocycles. The summed E-state index contributed by atoms with van der Waals surface area (Å²) >= 11 is 0. The number of rotatable bonds is 11. The Hall–Kier alpha value is -4.15. The van der Waals surface area contributed by atoms with E-state index in [9.17, 15) is 0 Å². The fourth-order valence-corrected chi connectivity index (χ4v) is 4.85. The molecular weight excluding hydrogens is 506 g/mol. The Labute approximate surface area is 232 Å². The van der Waals surface area contributed by atoms with E-state index in [4.69, 9.17) is 24.7 Å². The highest BCUT2D eigenvalue weighted by Gasteiger charge is 2.48. The molecule has 1 fully saturated rings. The summed E-state index contributed by atoms with van der Waals surface area (Å²) in [6.45, 7) is 1.52. The van der Waals surface area contributed by atoms with E-state index in [1.54, 1.807) is 6.33 Å². The minimum atomic E-state index is -0.641. The molecule has 0 radical (unpaired) electrons. The van der Waals surface area contributed by atoms with Crippen molar-refractivity contribution in [2.75, 3.05) is 12.3 Å². The monoisotopic (exact) mass is 537 g/mol. The number of anilines is 1. The maximum Gasteiger partial charge on any atom is 0.183 e. The third-order valence-electron chi connectivity index (χ3n) is 6.86. The van der Waals surface area contributed by atoms with Crippen molar-refractivity contribution < 1.29 is 18.9 Å².